The number of ketones is 1. The maximum absolute atomic E-state index is 14.4. The van der Waals surface area contributed by atoms with Crippen LogP contribution in [0, 0.1) is 5.82 Å². The second-order valence-electron chi connectivity index (χ2n) is 6.67. The third kappa shape index (κ3) is 4.64. The summed E-state index contributed by atoms with van der Waals surface area (Å²) in [5.41, 5.74) is 3.59. The van der Waals surface area contributed by atoms with E-state index in [-0.39, 0.29) is 23.5 Å². The molecule has 2 aromatic heterocycles. The molecule has 0 unspecified atom stereocenters. The molecule has 11 heteroatoms. The van der Waals surface area contributed by atoms with Crippen molar-refractivity contribution >= 4 is 23.4 Å². The first-order chi connectivity index (χ1) is 13.5. The average Bonchev–Trinajstić information content (AvgIpc) is 2.62. The predicted octanol–water partition coefficient (Wildman–Crippen LogP) is 3.58. The van der Waals surface area contributed by atoms with E-state index < -0.39 is 41.9 Å². The molecular weight excluding hydrogens is 416 g/mol. The van der Waals surface area contributed by atoms with E-state index in [4.69, 9.17) is 17.3 Å². The van der Waals surface area contributed by atoms with Gasteiger partial charge in [-0.3, -0.25) is 14.8 Å². The molecule has 29 heavy (non-hydrogen) atoms. The van der Waals surface area contributed by atoms with Crippen molar-refractivity contribution in [2.45, 2.75) is 37.6 Å². The maximum Gasteiger partial charge on any atom is 0.425 e. The van der Waals surface area contributed by atoms with Crippen molar-refractivity contribution in [2.24, 2.45) is 10.7 Å². The Kier molecular flexibility index (Phi) is 5.48. The Morgan fingerprint density at radius 1 is 1.34 bits per heavy atom. The second-order valence-corrected chi connectivity index (χ2v) is 7.11. The van der Waals surface area contributed by atoms with Crippen LogP contribution in [0.3, 0.4) is 0 Å². The van der Waals surface area contributed by atoms with Crippen LogP contribution in [-0.4, -0.2) is 34.1 Å². The normalized spacial score (nSPS) is 22.0. The molecule has 1 aliphatic rings. The second kappa shape index (κ2) is 7.58. The number of nitrogens with zero attached hydrogens (tertiary/aromatic N) is 3. The molecule has 2 N–H and O–H groups in total. The van der Waals surface area contributed by atoms with E-state index >= 15 is 0 Å². The number of carbonyl (C=O) groups excluding carboxylic acids is 1. The van der Waals surface area contributed by atoms with Gasteiger partial charge in [0, 0.05) is 18.3 Å². The van der Waals surface area contributed by atoms with Gasteiger partial charge in [0.05, 0.1) is 11.4 Å². The van der Waals surface area contributed by atoms with E-state index in [1.165, 1.54) is 31.3 Å². The Hall–Kier alpha value is -2.75. The lowest BCUT2D eigenvalue weighted by Crippen LogP contribution is -2.46. The van der Waals surface area contributed by atoms with Crippen molar-refractivity contribution < 1.29 is 27.1 Å². The molecule has 6 nitrogen and oxygen atoms in total. The molecule has 3 heterocycles. The van der Waals surface area contributed by atoms with Crippen molar-refractivity contribution in [3.8, 4) is 0 Å². The number of nitrogens with two attached hydrogens (primary N) is 1. The molecule has 0 aliphatic carbocycles. The third-order valence-electron chi connectivity index (χ3n) is 4.34. The Labute approximate surface area is 167 Å². The summed E-state index contributed by atoms with van der Waals surface area (Å²) in [6, 6.07) is 4.49. The van der Waals surface area contributed by atoms with E-state index in [0.717, 1.165) is 6.07 Å². The van der Waals surface area contributed by atoms with E-state index in [1.807, 2.05) is 0 Å². The summed E-state index contributed by atoms with van der Waals surface area (Å²) in [5.74, 6) is -1.28. The fourth-order valence-corrected chi connectivity index (χ4v) is 3.06. The lowest BCUT2D eigenvalue weighted by Gasteiger charge is -2.35. The number of aromatic nitrogens is 2. The van der Waals surface area contributed by atoms with Crippen LogP contribution in [0.2, 0.25) is 5.02 Å². The van der Waals surface area contributed by atoms with E-state index in [1.54, 1.807) is 0 Å². The first kappa shape index (κ1) is 21.0. The van der Waals surface area contributed by atoms with Crippen molar-refractivity contribution in [2.75, 3.05) is 0 Å². The van der Waals surface area contributed by atoms with Gasteiger partial charge >= 0.3 is 6.18 Å². The molecule has 0 radical (unpaired) electrons. The summed E-state index contributed by atoms with van der Waals surface area (Å²) in [4.78, 5) is 24.2. The van der Waals surface area contributed by atoms with Crippen LogP contribution in [0.25, 0.3) is 0 Å². The van der Waals surface area contributed by atoms with E-state index in [2.05, 4.69) is 19.7 Å². The quantitative estimate of drug-likeness (QED) is 0.591. The number of amidine groups is 1. The Bertz CT molecular complexity index is 965. The van der Waals surface area contributed by atoms with Gasteiger partial charge in [0.25, 0.3) is 6.02 Å². The van der Waals surface area contributed by atoms with E-state index in [9.17, 15) is 22.4 Å². The smallest absolute Gasteiger partial charge is 0.425 e. The highest BCUT2D eigenvalue weighted by Crippen LogP contribution is 2.40. The molecule has 0 amide bonds. The van der Waals surface area contributed by atoms with Crippen LogP contribution < -0.4 is 5.73 Å². The largest absolute Gasteiger partial charge is 0.452 e. The topological polar surface area (TPSA) is 90.5 Å². The molecule has 0 spiro atoms. The number of hydrogen-bond donors (Lipinski definition) is 1. The molecule has 1 aliphatic heterocycles. The van der Waals surface area contributed by atoms with Gasteiger partial charge in [0.15, 0.2) is 11.9 Å². The van der Waals surface area contributed by atoms with Crippen molar-refractivity contribution in [3.05, 3.63) is 58.4 Å². The Morgan fingerprint density at radius 3 is 2.69 bits per heavy atom. The number of pyridine rings is 2. The molecule has 3 rings (SSSR count). The van der Waals surface area contributed by atoms with Crippen LogP contribution >= 0.6 is 11.6 Å². The summed E-state index contributed by atoms with van der Waals surface area (Å²) < 4.78 is 58.4. The van der Waals surface area contributed by atoms with Crippen LogP contribution in [0.15, 0.2) is 35.5 Å². The Balaban J connectivity index is 1.91. The van der Waals surface area contributed by atoms with Crippen molar-refractivity contribution in [3.63, 3.8) is 0 Å². The number of rotatable bonds is 4. The maximum atomic E-state index is 14.4. The number of alkyl halides is 3. The minimum absolute atomic E-state index is 0.124. The summed E-state index contributed by atoms with van der Waals surface area (Å²) in [7, 11) is 0. The van der Waals surface area contributed by atoms with Crippen molar-refractivity contribution in [1.29, 1.82) is 0 Å². The molecule has 0 saturated heterocycles. The molecule has 0 saturated carbocycles. The third-order valence-corrected chi connectivity index (χ3v) is 4.56. The first-order valence-electron chi connectivity index (χ1n) is 8.37. The number of ether oxygens (including phenoxy) is 1. The highest BCUT2D eigenvalue weighted by molar-refractivity contribution is 6.30. The monoisotopic (exact) mass is 430 g/mol. The Morgan fingerprint density at radius 2 is 2.07 bits per heavy atom. The van der Waals surface area contributed by atoms with Gasteiger partial charge in [-0.1, -0.05) is 11.6 Å². The summed E-state index contributed by atoms with van der Waals surface area (Å²) in [6.07, 6.45) is -6.62. The molecule has 2 aromatic rings. The van der Waals surface area contributed by atoms with Gasteiger partial charge in [0.1, 0.15) is 22.7 Å². The highest BCUT2D eigenvalue weighted by atomic mass is 35.5. The van der Waals surface area contributed by atoms with Crippen LogP contribution in [0.1, 0.15) is 35.2 Å². The number of aliphatic imine (C=N–C) groups is 1. The fourth-order valence-electron chi connectivity index (χ4n) is 2.95. The standard InChI is InChI=1S/C18H15ClF4N4O2/c1-17(7-14(18(21,22)23)29-16(24)27-17)15-11(20)4-3-10(26-15)6-13(28)12-5-2-9(19)8-25-12/h2-5,8,14H,6-7H2,1H3,(H2,24,27)/t14-,17-/m0/s1. The van der Waals surface area contributed by atoms with Gasteiger partial charge in [-0.25, -0.2) is 9.38 Å². The molecule has 0 bridgehead atoms. The minimum Gasteiger partial charge on any atom is -0.452 e. The van der Waals surface area contributed by atoms with Crippen LogP contribution in [-0.2, 0) is 16.7 Å². The summed E-state index contributed by atoms with van der Waals surface area (Å²) in [5, 5.41) is 0.353. The number of halogens is 5. The zero-order valence-electron chi connectivity index (χ0n) is 15.0. The van der Waals surface area contributed by atoms with Gasteiger partial charge in [0.2, 0.25) is 0 Å². The first-order valence-corrected chi connectivity index (χ1v) is 8.75. The van der Waals surface area contributed by atoms with Gasteiger partial charge in [-0.2, -0.15) is 13.2 Å². The fraction of sp³-hybridized carbons (Fsp3) is 0.333. The van der Waals surface area contributed by atoms with Crippen LogP contribution in [0.5, 0.6) is 0 Å². The highest BCUT2D eigenvalue weighted by Gasteiger charge is 2.50. The molecule has 154 valence electrons. The summed E-state index contributed by atoms with van der Waals surface area (Å²) >= 11 is 5.73. The van der Waals surface area contributed by atoms with E-state index in [0.29, 0.717) is 5.02 Å². The van der Waals surface area contributed by atoms with Gasteiger partial charge < -0.3 is 10.5 Å². The van der Waals surface area contributed by atoms with Gasteiger partial charge in [-0.15, -0.1) is 0 Å². The lowest BCUT2D eigenvalue weighted by molar-refractivity contribution is -0.208. The van der Waals surface area contributed by atoms with Gasteiger partial charge in [-0.05, 0) is 31.2 Å². The zero-order valence-corrected chi connectivity index (χ0v) is 15.8. The summed E-state index contributed by atoms with van der Waals surface area (Å²) in [6.45, 7) is 1.28. The molecule has 0 fully saturated rings. The minimum atomic E-state index is -4.72. The predicted molar refractivity (Wildman–Crippen MR) is 96.0 cm³/mol. The number of hydrogen-bond acceptors (Lipinski definition) is 6. The molecular formula is C18H15ClF4N4O2. The molecule has 2 atom stereocenters. The SMILES string of the molecule is C[C@@]1(c2nc(CC(=O)c3ccc(Cl)cn3)ccc2F)C[C@@H](C(F)(F)F)OC(N)=N1. The number of carbonyl (C=O) groups is 1. The molecule has 0 aromatic carbocycles. The zero-order chi connectivity index (χ0) is 21.4. The lowest BCUT2D eigenvalue weighted by atomic mass is 9.89. The van der Waals surface area contributed by atoms with Crippen LogP contribution in [0.4, 0.5) is 17.6 Å². The number of Topliss-reactive ketones (excluding diaryl/α,β-unsaturated/α-hetero) is 1. The average molecular weight is 431 g/mol. The van der Waals surface area contributed by atoms with Crippen molar-refractivity contribution in [1.82, 2.24) is 9.97 Å².